The quantitative estimate of drug-likeness (QED) is 0.110. The molecule has 0 fully saturated rings. The number of nitrogen functional groups attached to an aromatic ring is 1. The molecule has 0 spiro atoms. The Morgan fingerprint density at radius 2 is 1.92 bits per heavy atom. The summed E-state index contributed by atoms with van der Waals surface area (Å²) < 4.78 is 37.6. The number of nitrogens with zero attached hydrogens (tertiary/aromatic N) is 3. The Kier molecular flexibility index (Phi) is 7.77. The van der Waals surface area contributed by atoms with E-state index in [1.54, 1.807) is 42.5 Å². The third-order valence-corrected chi connectivity index (χ3v) is 7.18. The molecule has 38 heavy (non-hydrogen) atoms. The summed E-state index contributed by atoms with van der Waals surface area (Å²) in [5.41, 5.74) is 8.17. The van der Waals surface area contributed by atoms with Gasteiger partial charge < -0.3 is 15.8 Å². The molecule has 0 aliphatic rings. The first-order valence-electron chi connectivity index (χ1n) is 10.9. The molecule has 4 aromatic rings. The molecule has 192 valence electrons. The van der Waals surface area contributed by atoms with Crippen LogP contribution in [0.15, 0.2) is 75.8 Å². The first-order chi connectivity index (χ1) is 18.2. The van der Waals surface area contributed by atoms with Gasteiger partial charge in [-0.15, -0.1) is 10.2 Å². The molecule has 11 nitrogen and oxygen atoms in total. The van der Waals surface area contributed by atoms with E-state index in [0.29, 0.717) is 32.9 Å². The van der Waals surface area contributed by atoms with E-state index in [9.17, 15) is 27.8 Å². The van der Waals surface area contributed by atoms with Gasteiger partial charge in [-0.3, -0.25) is 14.1 Å². The third kappa shape index (κ3) is 5.84. The van der Waals surface area contributed by atoms with Crippen LogP contribution in [0.25, 0.3) is 21.9 Å². The normalized spacial score (nSPS) is 11.4. The number of amides is 1. The van der Waals surface area contributed by atoms with E-state index in [1.165, 1.54) is 18.2 Å². The second-order valence-electron chi connectivity index (χ2n) is 7.81. The van der Waals surface area contributed by atoms with Crippen LogP contribution in [0.1, 0.15) is 12.0 Å². The zero-order valence-electron chi connectivity index (χ0n) is 19.5. The maximum Gasteiger partial charge on any atom is 0.295 e. The maximum absolute atomic E-state index is 11.9. The lowest BCUT2D eigenvalue weighted by Gasteiger charge is -2.07. The third-order valence-electron chi connectivity index (χ3n) is 5.36. The van der Waals surface area contributed by atoms with Gasteiger partial charge >= 0.3 is 0 Å². The molecule has 1 amide bonds. The molecule has 13 heteroatoms. The summed E-state index contributed by atoms with van der Waals surface area (Å²) >= 11 is 1.06. The Hall–Kier alpha value is -4.64. The molecular weight excluding hydrogens is 530 g/mol. The fourth-order valence-corrected chi connectivity index (χ4v) is 5.22. The van der Waals surface area contributed by atoms with Crippen molar-refractivity contribution in [3.05, 3.63) is 66.2 Å². The largest absolute Gasteiger partial charge is 0.467 e. The van der Waals surface area contributed by atoms with Crippen LogP contribution in [0, 0.1) is 11.3 Å². The predicted molar refractivity (Wildman–Crippen MR) is 142 cm³/mol. The molecule has 0 unspecified atom stereocenters. The van der Waals surface area contributed by atoms with Crippen molar-refractivity contribution in [2.75, 3.05) is 17.7 Å². The highest BCUT2D eigenvalue weighted by atomic mass is 32.2. The smallest absolute Gasteiger partial charge is 0.295 e. The monoisotopic (exact) mass is 549 g/mol. The summed E-state index contributed by atoms with van der Waals surface area (Å²) in [6.45, 7) is 0.239. The van der Waals surface area contributed by atoms with Gasteiger partial charge in [-0.2, -0.15) is 13.7 Å². The topological polar surface area (TPSA) is 184 Å². The van der Waals surface area contributed by atoms with E-state index in [0.717, 1.165) is 11.3 Å². The Balaban J connectivity index is 1.65. The van der Waals surface area contributed by atoms with Crippen LogP contribution in [0.2, 0.25) is 0 Å². The second-order valence-corrected chi connectivity index (χ2v) is 10.2. The summed E-state index contributed by atoms with van der Waals surface area (Å²) in [6.07, 6.45) is 0.00513. The highest BCUT2D eigenvalue weighted by molar-refractivity contribution is 7.86. The van der Waals surface area contributed by atoms with Gasteiger partial charge in [-0.05, 0) is 41.3 Å². The first kappa shape index (κ1) is 26.4. The summed E-state index contributed by atoms with van der Waals surface area (Å²) in [5, 5.41) is 22.3. The average Bonchev–Trinajstić information content (AvgIpc) is 3.22. The molecule has 0 saturated heterocycles. The van der Waals surface area contributed by atoms with Crippen LogP contribution in [-0.2, 0) is 24.4 Å². The van der Waals surface area contributed by atoms with E-state index < -0.39 is 10.1 Å². The van der Waals surface area contributed by atoms with E-state index in [4.69, 9.17) is 5.73 Å². The number of carbonyl (C=O) groups is 2. The van der Waals surface area contributed by atoms with Crippen molar-refractivity contribution in [1.82, 2.24) is 0 Å². The Morgan fingerprint density at radius 3 is 2.61 bits per heavy atom. The number of nitrogens with two attached hydrogens (primary N) is 1. The maximum atomic E-state index is 11.9. The van der Waals surface area contributed by atoms with Gasteiger partial charge in [0, 0.05) is 16.6 Å². The fraction of sp³-hybridized carbons (Fsp3) is 0.0800. The molecule has 0 radical (unpaired) electrons. The minimum absolute atomic E-state index is 0.00513. The number of anilines is 2. The minimum Gasteiger partial charge on any atom is -0.467 e. The lowest BCUT2D eigenvalue weighted by Crippen LogP contribution is -2.13. The molecule has 4 N–H and O–H groups in total. The number of nitriles is 1. The van der Waals surface area contributed by atoms with Crippen LogP contribution in [0.5, 0.6) is 0 Å². The predicted octanol–water partition coefficient (Wildman–Crippen LogP) is 5.19. The van der Waals surface area contributed by atoms with Crippen molar-refractivity contribution in [2.45, 2.75) is 11.3 Å². The van der Waals surface area contributed by atoms with Crippen molar-refractivity contribution in [3.8, 4) is 17.2 Å². The Labute approximate surface area is 220 Å². The fourth-order valence-electron chi connectivity index (χ4n) is 3.65. The van der Waals surface area contributed by atoms with Gasteiger partial charge in [-0.25, -0.2) is 0 Å². The Bertz CT molecular complexity index is 1710. The number of ether oxygens (including phenoxy) is 1. The molecule has 3 aromatic carbocycles. The SMILES string of the molecule is N#Cc1c(N)sc(N=Nc2ccc3cccc(S(=O)(=O)O)c3c2)c1-c1ccc(NC(=O)CCOC=O)cc1. The van der Waals surface area contributed by atoms with E-state index in [2.05, 4.69) is 26.4 Å². The van der Waals surface area contributed by atoms with E-state index in [1.807, 2.05) is 0 Å². The zero-order chi connectivity index (χ0) is 27.3. The minimum atomic E-state index is -4.45. The van der Waals surface area contributed by atoms with Crippen LogP contribution < -0.4 is 11.1 Å². The lowest BCUT2D eigenvalue weighted by molar-refractivity contribution is -0.129. The number of rotatable bonds is 9. The highest BCUT2D eigenvalue weighted by Gasteiger charge is 2.19. The lowest BCUT2D eigenvalue weighted by atomic mass is 10.0. The van der Waals surface area contributed by atoms with Crippen LogP contribution >= 0.6 is 11.3 Å². The number of thiophene rings is 1. The van der Waals surface area contributed by atoms with Gasteiger partial charge in [-0.1, -0.05) is 41.7 Å². The van der Waals surface area contributed by atoms with Crippen molar-refractivity contribution in [2.24, 2.45) is 10.2 Å². The van der Waals surface area contributed by atoms with Gasteiger partial charge in [0.1, 0.15) is 21.0 Å². The standard InChI is InChI=1S/C25H19N5O6S2/c26-13-20-23(16-5-7-17(8-6-16)28-22(32)10-11-36-14-31)25(37-24(20)27)30-29-18-9-4-15-2-1-3-21(19(15)12-18)38(33,34)35/h1-9,12,14H,10-11,27H2,(H,28,32)(H,33,34,35). The number of hydrogen-bond donors (Lipinski definition) is 3. The van der Waals surface area contributed by atoms with Crippen LogP contribution in [-0.4, -0.2) is 32.0 Å². The number of nitrogens with one attached hydrogen (secondary N) is 1. The Morgan fingerprint density at radius 1 is 1.16 bits per heavy atom. The summed E-state index contributed by atoms with van der Waals surface area (Å²) in [7, 11) is -4.45. The molecular formula is C25H19N5O6S2. The van der Waals surface area contributed by atoms with Gasteiger partial charge in [0.15, 0.2) is 0 Å². The second kappa shape index (κ2) is 11.2. The molecule has 1 heterocycles. The molecule has 0 atom stereocenters. The number of hydrogen-bond acceptors (Lipinski definition) is 10. The zero-order valence-corrected chi connectivity index (χ0v) is 21.1. The van der Waals surface area contributed by atoms with Crippen molar-refractivity contribution < 1.29 is 27.3 Å². The summed E-state index contributed by atoms with van der Waals surface area (Å²) in [5.74, 6) is -0.334. The molecule has 1 aromatic heterocycles. The molecule has 0 aliphatic carbocycles. The summed E-state index contributed by atoms with van der Waals surface area (Å²) in [6, 6.07) is 18.0. The molecule has 0 saturated carbocycles. The van der Waals surface area contributed by atoms with Crippen molar-refractivity contribution in [3.63, 3.8) is 0 Å². The van der Waals surface area contributed by atoms with Crippen molar-refractivity contribution in [1.29, 1.82) is 5.26 Å². The number of fused-ring (bicyclic) bond motifs is 1. The number of azo groups is 1. The van der Waals surface area contributed by atoms with E-state index >= 15 is 0 Å². The van der Waals surface area contributed by atoms with Crippen molar-refractivity contribution >= 4 is 66.0 Å². The molecule has 0 bridgehead atoms. The van der Waals surface area contributed by atoms with E-state index in [-0.39, 0.29) is 46.3 Å². The van der Waals surface area contributed by atoms with Gasteiger partial charge in [0.05, 0.1) is 24.3 Å². The summed E-state index contributed by atoms with van der Waals surface area (Å²) in [4.78, 5) is 21.9. The number of benzene rings is 3. The number of carbonyl (C=O) groups excluding carboxylic acids is 2. The first-order valence-corrected chi connectivity index (χ1v) is 13.2. The van der Waals surface area contributed by atoms with Crippen LogP contribution in [0.3, 0.4) is 0 Å². The van der Waals surface area contributed by atoms with Crippen LogP contribution in [0.4, 0.5) is 21.4 Å². The molecule has 4 rings (SSSR count). The highest BCUT2D eigenvalue weighted by Crippen LogP contribution is 2.45. The molecule has 0 aliphatic heterocycles. The average molecular weight is 550 g/mol. The van der Waals surface area contributed by atoms with Gasteiger partial charge in [0.25, 0.3) is 16.6 Å². The van der Waals surface area contributed by atoms with Gasteiger partial charge in [0.2, 0.25) is 5.91 Å².